The van der Waals surface area contributed by atoms with E-state index in [4.69, 9.17) is 4.42 Å². The maximum absolute atomic E-state index is 12.1. The molecular formula is C22H23NO2. The minimum absolute atomic E-state index is 0.0927. The van der Waals surface area contributed by atoms with Crippen LogP contribution in [0.3, 0.4) is 0 Å². The number of rotatable bonds is 7. The first-order valence-corrected chi connectivity index (χ1v) is 8.62. The standard InChI is InChI=1S/C22H23NO2/c1-18(24)23(17-19-9-4-2-5-10-19)15-14-21(22-13-8-16-25-22)20-11-6-3-7-12-20/h2-13,16,21H,14-15,17H2,1H3/t21-/m1/s1. The monoisotopic (exact) mass is 333 g/mol. The van der Waals surface area contributed by atoms with Crippen LogP contribution in [-0.4, -0.2) is 17.4 Å². The van der Waals surface area contributed by atoms with Crippen molar-refractivity contribution in [3.8, 4) is 0 Å². The lowest BCUT2D eigenvalue weighted by atomic mass is 9.93. The lowest BCUT2D eigenvalue weighted by molar-refractivity contribution is -0.129. The van der Waals surface area contributed by atoms with E-state index >= 15 is 0 Å². The minimum Gasteiger partial charge on any atom is -0.469 e. The molecular weight excluding hydrogens is 310 g/mol. The quantitative estimate of drug-likeness (QED) is 0.619. The van der Waals surface area contributed by atoms with Crippen LogP contribution in [0.5, 0.6) is 0 Å². The zero-order chi connectivity index (χ0) is 17.5. The SMILES string of the molecule is CC(=O)N(CC[C@H](c1ccccc1)c1ccco1)Cc1ccccc1. The van der Waals surface area contributed by atoms with Crippen molar-refractivity contribution < 1.29 is 9.21 Å². The van der Waals surface area contributed by atoms with Crippen LogP contribution in [0.2, 0.25) is 0 Å². The number of hydrogen-bond acceptors (Lipinski definition) is 2. The predicted octanol–water partition coefficient (Wildman–Crippen LogP) is 4.85. The van der Waals surface area contributed by atoms with Crippen LogP contribution in [0, 0.1) is 0 Å². The fourth-order valence-corrected chi connectivity index (χ4v) is 3.08. The molecule has 3 aromatic rings. The van der Waals surface area contributed by atoms with Crippen molar-refractivity contribution in [2.24, 2.45) is 0 Å². The van der Waals surface area contributed by atoms with Crippen molar-refractivity contribution in [1.82, 2.24) is 4.90 Å². The Morgan fingerprint density at radius 3 is 2.24 bits per heavy atom. The van der Waals surface area contributed by atoms with Gasteiger partial charge in [0.05, 0.1) is 6.26 Å². The highest BCUT2D eigenvalue weighted by Crippen LogP contribution is 2.28. The highest BCUT2D eigenvalue weighted by atomic mass is 16.3. The molecule has 2 aromatic carbocycles. The number of nitrogens with zero attached hydrogens (tertiary/aromatic N) is 1. The molecule has 1 amide bonds. The van der Waals surface area contributed by atoms with Gasteiger partial charge in [-0.05, 0) is 29.7 Å². The first-order chi connectivity index (χ1) is 12.2. The molecule has 0 aliphatic heterocycles. The van der Waals surface area contributed by atoms with Crippen LogP contribution in [0.15, 0.2) is 83.5 Å². The number of carbonyl (C=O) groups is 1. The highest BCUT2D eigenvalue weighted by Gasteiger charge is 2.19. The molecule has 0 aliphatic rings. The summed E-state index contributed by atoms with van der Waals surface area (Å²) in [7, 11) is 0. The van der Waals surface area contributed by atoms with Crippen molar-refractivity contribution in [2.75, 3.05) is 6.54 Å². The lowest BCUT2D eigenvalue weighted by Gasteiger charge is -2.24. The molecule has 0 N–H and O–H groups in total. The van der Waals surface area contributed by atoms with Gasteiger partial charge in [0.25, 0.3) is 0 Å². The van der Waals surface area contributed by atoms with E-state index in [1.165, 1.54) is 5.56 Å². The predicted molar refractivity (Wildman–Crippen MR) is 99.1 cm³/mol. The molecule has 0 radical (unpaired) electrons. The average molecular weight is 333 g/mol. The van der Waals surface area contributed by atoms with Crippen LogP contribution in [0.1, 0.15) is 36.1 Å². The van der Waals surface area contributed by atoms with Crippen LogP contribution < -0.4 is 0 Å². The van der Waals surface area contributed by atoms with Crippen molar-refractivity contribution in [2.45, 2.75) is 25.8 Å². The number of amides is 1. The van der Waals surface area contributed by atoms with Gasteiger partial charge in [-0.2, -0.15) is 0 Å². The zero-order valence-electron chi connectivity index (χ0n) is 14.5. The molecule has 0 spiro atoms. The molecule has 0 saturated heterocycles. The molecule has 3 heteroatoms. The Labute approximate surface area is 148 Å². The van der Waals surface area contributed by atoms with Gasteiger partial charge in [-0.3, -0.25) is 4.79 Å². The van der Waals surface area contributed by atoms with E-state index in [0.717, 1.165) is 17.7 Å². The highest BCUT2D eigenvalue weighted by molar-refractivity contribution is 5.73. The van der Waals surface area contributed by atoms with E-state index in [9.17, 15) is 4.79 Å². The van der Waals surface area contributed by atoms with E-state index < -0.39 is 0 Å². The zero-order valence-corrected chi connectivity index (χ0v) is 14.5. The first kappa shape index (κ1) is 17.0. The molecule has 0 aliphatic carbocycles. The molecule has 0 saturated carbocycles. The Hall–Kier alpha value is -2.81. The summed E-state index contributed by atoms with van der Waals surface area (Å²) in [5.41, 5.74) is 2.35. The summed E-state index contributed by atoms with van der Waals surface area (Å²) in [6.45, 7) is 2.95. The molecule has 128 valence electrons. The summed E-state index contributed by atoms with van der Waals surface area (Å²) >= 11 is 0. The maximum atomic E-state index is 12.1. The summed E-state index contributed by atoms with van der Waals surface area (Å²) in [4.78, 5) is 14.0. The van der Waals surface area contributed by atoms with Crippen molar-refractivity contribution >= 4 is 5.91 Å². The Kier molecular flexibility index (Phi) is 5.68. The van der Waals surface area contributed by atoms with Gasteiger partial charge in [-0.15, -0.1) is 0 Å². The van der Waals surface area contributed by atoms with E-state index in [2.05, 4.69) is 24.3 Å². The third-order valence-electron chi connectivity index (χ3n) is 4.44. The normalized spacial score (nSPS) is 11.9. The minimum atomic E-state index is 0.0927. The second-order valence-electron chi connectivity index (χ2n) is 6.19. The molecule has 0 fully saturated rings. The molecule has 0 bridgehead atoms. The number of furan rings is 1. The van der Waals surface area contributed by atoms with Gasteiger partial charge in [-0.1, -0.05) is 60.7 Å². The second kappa shape index (κ2) is 8.34. The van der Waals surface area contributed by atoms with Crippen LogP contribution >= 0.6 is 0 Å². The number of carbonyl (C=O) groups excluding carboxylic acids is 1. The molecule has 0 unspecified atom stereocenters. The van der Waals surface area contributed by atoms with Gasteiger partial charge >= 0.3 is 0 Å². The van der Waals surface area contributed by atoms with Gasteiger partial charge in [-0.25, -0.2) is 0 Å². The van der Waals surface area contributed by atoms with Gasteiger partial charge in [0.1, 0.15) is 5.76 Å². The van der Waals surface area contributed by atoms with Crippen molar-refractivity contribution in [3.63, 3.8) is 0 Å². The molecule has 1 atom stereocenters. The summed E-state index contributed by atoms with van der Waals surface area (Å²) in [5, 5.41) is 0. The third-order valence-corrected chi connectivity index (χ3v) is 4.44. The molecule has 1 aromatic heterocycles. The Bertz CT molecular complexity index is 766. The molecule has 1 heterocycles. The van der Waals surface area contributed by atoms with Gasteiger partial charge in [0.2, 0.25) is 5.91 Å². The molecule has 3 nitrogen and oxygen atoms in total. The largest absolute Gasteiger partial charge is 0.469 e. The Balaban J connectivity index is 1.73. The van der Waals surface area contributed by atoms with Crippen LogP contribution in [-0.2, 0) is 11.3 Å². The maximum Gasteiger partial charge on any atom is 0.219 e. The summed E-state index contributed by atoms with van der Waals surface area (Å²) in [5.74, 6) is 1.18. The topological polar surface area (TPSA) is 33.5 Å². The van der Waals surface area contributed by atoms with Crippen molar-refractivity contribution in [3.05, 3.63) is 95.9 Å². The van der Waals surface area contributed by atoms with Gasteiger partial charge in [0, 0.05) is 25.9 Å². The summed E-state index contributed by atoms with van der Waals surface area (Å²) in [6, 6.07) is 24.3. The molecule has 25 heavy (non-hydrogen) atoms. The summed E-state index contributed by atoms with van der Waals surface area (Å²) < 4.78 is 5.66. The average Bonchev–Trinajstić information content (AvgIpc) is 3.17. The van der Waals surface area contributed by atoms with Gasteiger partial charge in [0.15, 0.2) is 0 Å². The Morgan fingerprint density at radius 1 is 0.960 bits per heavy atom. The number of hydrogen-bond donors (Lipinski definition) is 0. The Morgan fingerprint density at radius 2 is 1.64 bits per heavy atom. The van der Waals surface area contributed by atoms with E-state index in [1.807, 2.05) is 53.4 Å². The smallest absolute Gasteiger partial charge is 0.219 e. The second-order valence-corrected chi connectivity index (χ2v) is 6.19. The van der Waals surface area contributed by atoms with E-state index in [0.29, 0.717) is 13.1 Å². The summed E-state index contributed by atoms with van der Waals surface area (Å²) in [6.07, 6.45) is 2.53. The van der Waals surface area contributed by atoms with E-state index in [1.54, 1.807) is 13.2 Å². The fraction of sp³-hybridized carbons (Fsp3) is 0.227. The third kappa shape index (κ3) is 4.60. The van der Waals surface area contributed by atoms with Crippen LogP contribution in [0.4, 0.5) is 0 Å². The lowest BCUT2D eigenvalue weighted by Crippen LogP contribution is -2.30. The fourth-order valence-electron chi connectivity index (χ4n) is 3.08. The van der Waals surface area contributed by atoms with Crippen LogP contribution in [0.25, 0.3) is 0 Å². The molecule has 3 rings (SSSR count). The first-order valence-electron chi connectivity index (χ1n) is 8.62. The van der Waals surface area contributed by atoms with E-state index in [-0.39, 0.29) is 11.8 Å². The van der Waals surface area contributed by atoms with Gasteiger partial charge < -0.3 is 9.32 Å². The van der Waals surface area contributed by atoms with Crippen molar-refractivity contribution in [1.29, 1.82) is 0 Å². The number of benzene rings is 2.